The molecule has 2 aliphatic heterocycles. The predicted octanol–water partition coefficient (Wildman–Crippen LogP) is 0.550. The Hall–Kier alpha value is -1.86. The van der Waals surface area contributed by atoms with Crippen molar-refractivity contribution in [2.24, 2.45) is 4.99 Å². The second-order valence-electron chi connectivity index (χ2n) is 5.54. The average molecular weight is 332 g/mol. The summed E-state index contributed by atoms with van der Waals surface area (Å²) in [5.74, 6) is -0.170. The van der Waals surface area contributed by atoms with Crippen LogP contribution in [0.3, 0.4) is 0 Å². The van der Waals surface area contributed by atoms with Crippen LogP contribution in [-0.2, 0) is 16.1 Å². The average Bonchev–Trinajstić information content (AvgIpc) is 3.09. The van der Waals surface area contributed by atoms with E-state index in [0.717, 1.165) is 25.4 Å². The number of amides is 2. The van der Waals surface area contributed by atoms with Crippen molar-refractivity contribution in [2.75, 3.05) is 38.5 Å². The summed E-state index contributed by atoms with van der Waals surface area (Å²) in [4.78, 5) is 32.2. The van der Waals surface area contributed by atoms with Crippen molar-refractivity contribution in [3.63, 3.8) is 0 Å². The number of piperazine rings is 1. The lowest BCUT2D eigenvalue weighted by atomic mass is 10.2. The molecule has 23 heavy (non-hydrogen) atoms. The second-order valence-corrected chi connectivity index (χ2v) is 6.63. The van der Waals surface area contributed by atoms with Gasteiger partial charge in [0.1, 0.15) is 0 Å². The fraction of sp³-hybridized carbons (Fsp3) is 0.438. The first kappa shape index (κ1) is 16.0. The summed E-state index contributed by atoms with van der Waals surface area (Å²) in [5.41, 5.74) is 1.27. The van der Waals surface area contributed by atoms with Gasteiger partial charge in [0.15, 0.2) is 5.17 Å². The lowest BCUT2D eigenvalue weighted by Crippen LogP contribution is -2.52. The number of carbonyl (C=O) groups is 2. The summed E-state index contributed by atoms with van der Waals surface area (Å²) in [6.07, 6.45) is 0. The molecule has 122 valence electrons. The van der Waals surface area contributed by atoms with Crippen LogP contribution in [0.15, 0.2) is 35.3 Å². The van der Waals surface area contributed by atoms with Crippen LogP contribution in [0.2, 0.25) is 0 Å². The van der Waals surface area contributed by atoms with Gasteiger partial charge in [-0.2, -0.15) is 0 Å². The molecular formula is C16H20N4O2S. The summed E-state index contributed by atoms with van der Waals surface area (Å²) in [6, 6.07) is 10.3. The van der Waals surface area contributed by atoms with Crippen molar-refractivity contribution < 1.29 is 9.59 Å². The fourth-order valence-corrected chi connectivity index (χ4v) is 3.38. The zero-order valence-electron chi connectivity index (χ0n) is 12.9. The Kier molecular flexibility index (Phi) is 5.30. The molecule has 1 fully saturated rings. The molecule has 2 amide bonds. The van der Waals surface area contributed by atoms with Crippen LogP contribution >= 0.6 is 11.8 Å². The molecule has 7 heteroatoms. The first-order valence-electron chi connectivity index (χ1n) is 7.76. The van der Waals surface area contributed by atoms with Gasteiger partial charge in [-0.25, -0.2) is 0 Å². The van der Waals surface area contributed by atoms with E-state index in [4.69, 9.17) is 0 Å². The van der Waals surface area contributed by atoms with Gasteiger partial charge in [0.05, 0.1) is 6.54 Å². The maximum Gasteiger partial charge on any atom is 0.315 e. The maximum absolute atomic E-state index is 12.2. The monoisotopic (exact) mass is 332 g/mol. The summed E-state index contributed by atoms with van der Waals surface area (Å²) >= 11 is 1.48. The highest BCUT2D eigenvalue weighted by Crippen LogP contribution is 2.10. The standard InChI is InChI=1S/C16H20N4O2S/c21-14(18-16-17-6-11-23-16)15(22)20-9-7-19(8-10-20)12-13-4-2-1-3-5-13/h1-5H,6-12H2,(H,17,18,21). The number of hydrogen-bond donors (Lipinski definition) is 1. The summed E-state index contributed by atoms with van der Waals surface area (Å²) in [7, 11) is 0. The number of aliphatic imine (C=N–C) groups is 1. The third kappa shape index (κ3) is 4.33. The highest BCUT2D eigenvalue weighted by atomic mass is 32.2. The quantitative estimate of drug-likeness (QED) is 0.804. The highest BCUT2D eigenvalue weighted by molar-refractivity contribution is 8.14. The van der Waals surface area contributed by atoms with E-state index in [1.807, 2.05) is 18.2 Å². The Labute approximate surface area is 139 Å². The van der Waals surface area contributed by atoms with E-state index in [1.165, 1.54) is 17.3 Å². The number of carbonyl (C=O) groups excluding carboxylic acids is 2. The van der Waals surface area contributed by atoms with Gasteiger partial charge in [0, 0.05) is 38.5 Å². The van der Waals surface area contributed by atoms with E-state index in [9.17, 15) is 9.59 Å². The fourth-order valence-electron chi connectivity index (χ4n) is 2.66. The molecule has 0 aromatic heterocycles. The number of hydrogen-bond acceptors (Lipinski definition) is 5. The minimum atomic E-state index is -0.574. The largest absolute Gasteiger partial charge is 0.332 e. The Morgan fingerprint density at radius 3 is 2.52 bits per heavy atom. The minimum Gasteiger partial charge on any atom is -0.332 e. The van der Waals surface area contributed by atoms with Crippen LogP contribution in [0.1, 0.15) is 5.56 Å². The van der Waals surface area contributed by atoms with E-state index >= 15 is 0 Å². The van der Waals surface area contributed by atoms with Gasteiger partial charge in [-0.15, -0.1) is 0 Å². The summed E-state index contributed by atoms with van der Waals surface area (Å²) < 4.78 is 0. The maximum atomic E-state index is 12.2. The van der Waals surface area contributed by atoms with Crippen LogP contribution in [-0.4, -0.2) is 65.3 Å². The van der Waals surface area contributed by atoms with Gasteiger partial charge in [0.2, 0.25) is 0 Å². The Bertz CT molecular complexity index is 597. The van der Waals surface area contributed by atoms with Crippen molar-refractivity contribution in [3.05, 3.63) is 35.9 Å². The Balaban J connectivity index is 1.46. The third-order valence-corrected chi connectivity index (χ3v) is 4.80. The molecule has 0 radical (unpaired) electrons. The van der Waals surface area contributed by atoms with Crippen LogP contribution < -0.4 is 5.32 Å². The van der Waals surface area contributed by atoms with Crippen molar-refractivity contribution in [3.8, 4) is 0 Å². The Morgan fingerprint density at radius 2 is 1.87 bits per heavy atom. The molecule has 0 unspecified atom stereocenters. The second kappa shape index (κ2) is 7.61. The number of thioether (sulfide) groups is 1. The van der Waals surface area contributed by atoms with Gasteiger partial charge in [-0.05, 0) is 5.56 Å². The minimum absolute atomic E-state index is 0.459. The lowest BCUT2D eigenvalue weighted by Gasteiger charge is -2.34. The van der Waals surface area contributed by atoms with Gasteiger partial charge in [-0.1, -0.05) is 42.1 Å². The SMILES string of the molecule is O=C(NC1=NCCS1)C(=O)N1CCN(Cc2ccccc2)CC1. The zero-order chi connectivity index (χ0) is 16.1. The highest BCUT2D eigenvalue weighted by Gasteiger charge is 2.27. The van der Waals surface area contributed by atoms with Gasteiger partial charge >= 0.3 is 11.8 Å². The molecular weight excluding hydrogens is 312 g/mol. The Morgan fingerprint density at radius 1 is 1.13 bits per heavy atom. The van der Waals surface area contributed by atoms with E-state index in [2.05, 4.69) is 27.3 Å². The normalized spacial score (nSPS) is 18.6. The van der Waals surface area contributed by atoms with Crippen molar-refractivity contribution >= 4 is 28.7 Å². The first-order valence-corrected chi connectivity index (χ1v) is 8.75. The van der Waals surface area contributed by atoms with Crippen LogP contribution in [0, 0.1) is 0 Å². The zero-order valence-corrected chi connectivity index (χ0v) is 13.7. The van der Waals surface area contributed by atoms with E-state index in [-0.39, 0.29) is 0 Å². The summed E-state index contributed by atoms with van der Waals surface area (Å²) in [5, 5.41) is 3.16. The van der Waals surface area contributed by atoms with Crippen molar-refractivity contribution in [1.82, 2.24) is 15.1 Å². The molecule has 2 aliphatic rings. The predicted molar refractivity (Wildman–Crippen MR) is 91.2 cm³/mol. The van der Waals surface area contributed by atoms with E-state index in [1.54, 1.807) is 4.90 Å². The molecule has 6 nitrogen and oxygen atoms in total. The van der Waals surface area contributed by atoms with Crippen LogP contribution in [0.4, 0.5) is 0 Å². The van der Waals surface area contributed by atoms with Gasteiger partial charge < -0.3 is 4.90 Å². The molecule has 0 saturated carbocycles. The molecule has 2 heterocycles. The number of benzene rings is 1. The molecule has 1 saturated heterocycles. The van der Waals surface area contributed by atoms with Crippen molar-refractivity contribution in [2.45, 2.75) is 6.54 Å². The topological polar surface area (TPSA) is 65.0 Å². The van der Waals surface area contributed by atoms with E-state index in [0.29, 0.717) is 24.8 Å². The number of rotatable bonds is 2. The molecule has 1 aromatic rings. The first-order chi connectivity index (χ1) is 11.2. The molecule has 0 aliphatic carbocycles. The van der Waals surface area contributed by atoms with Crippen LogP contribution in [0.5, 0.6) is 0 Å². The van der Waals surface area contributed by atoms with Gasteiger partial charge in [0.25, 0.3) is 0 Å². The van der Waals surface area contributed by atoms with Crippen molar-refractivity contribution in [1.29, 1.82) is 0 Å². The van der Waals surface area contributed by atoms with Crippen LogP contribution in [0.25, 0.3) is 0 Å². The molecule has 1 aromatic carbocycles. The van der Waals surface area contributed by atoms with E-state index < -0.39 is 11.8 Å². The molecule has 3 rings (SSSR count). The molecule has 1 N–H and O–H groups in total. The molecule has 0 spiro atoms. The third-order valence-electron chi connectivity index (χ3n) is 3.91. The smallest absolute Gasteiger partial charge is 0.315 e. The number of nitrogens with zero attached hydrogens (tertiary/aromatic N) is 3. The number of nitrogens with one attached hydrogen (secondary N) is 1. The molecule has 0 bridgehead atoms. The molecule has 0 atom stereocenters. The van der Waals surface area contributed by atoms with Gasteiger partial charge in [-0.3, -0.25) is 24.8 Å². The number of amidine groups is 1. The summed E-state index contributed by atoms with van der Waals surface area (Å²) in [6.45, 7) is 4.31. The lowest BCUT2D eigenvalue weighted by molar-refractivity contribution is -0.146.